The van der Waals surface area contributed by atoms with Crippen LogP contribution in [0.1, 0.15) is 30.0 Å². The van der Waals surface area contributed by atoms with Crippen LogP contribution in [0.25, 0.3) is 0 Å². The van der Waals surface area contributed by atoms with Crippen molar-refractivity contribution in [3.63, 3.8) is 0 Å². The van der Waals surface area contributed by atoms with Gasteiger partial charge in [-0.05, 0) is 55.0 Å². The highest BCUT2D eigenvalue weighted by Crippen LogP contribution is 2.43. The Hall–Kier alpha value is -1.28. The molecule has 0 bridgehead atoms. The number of hydrogen-bond donors (Lipinski definition) is 1. The van der Waals surface area contributed by atoms with Crippen LogP contribution in [0.4, 0.5) is 5.69 Å². The number of nitrogens with one attached hydrogen (secondary N) is 1. The molecule has 0 aliphatic heterocycles. The number of rotatable bonds is 4. The number of aryl methyl sites for hydroxylation is 1. The first-order chi connectivity index (χ1) is 9.24. The molecule has 0 amide bonds. The van der Waals surface area contributed by atoms with Crippen molar-refractivity contribution < 1.29 is 0 Å². The van der Waals surface area contributed by atoms with Crippen molar-refractivity contribution in [1.29, 1.82) is 0 Å². The predicted molar refractivity (Wildman–Crippen MR) is 84.4 cm³/mol. The second-order valence-corrected chi connectivity index (χ2v) is 6.19. The van der Waals surface area contributed by atoms with Crippen LogP contribution < -0.4 is 5.32 Å². The quantitative estimate of drug-likeness (QED) is 0.805. The fraction of sp³-hybridized carbons (Fsp3) is 0.294. The summed E-state index contributed by atoms with van der Waals surface area (Å²) < 4.78 is 1.17. The number of anilines is 1. The van der Waals surface area contributed by atoms with Gasteiger partial charge in [-0.1, -0.05) is 46.3 Å². The van der Waals surface area contributed by atoms with E-state index in [1.165, 1.54) is 34.1 Å². The van der Waals surface area contributed by atoms with E-state index in [4.69, 9.17) is 0 Å². The van der Waals surface area contributed by atoms with E-state index in [9.17, 15) is 0 Å². The van der Waals surface area contributed by atoms with E-state index in [1.54, 1.807) is 0 Å². The van der Waals surface area contributed by atoms with Crippen molar-refractivity contribution in [2.45, 2.75) is 25.8 Å². The highest BCUT2D eigenvalue weighted by atomic mass is 79.9. The third-order valence-corrected chi connectivity index (χ3v) is 4.62. The molecule has 2 heteroatoms. The van der Waals surface area contributed by atoms with Crippen molar-refractivity contribution in [3.05, 3.63) is 64.1 Å². The maximum atomic E-state index is 3.70. The minimum atomic E-state index is 0.446. The summed E-state index contributed by atoms with van der Waals surface area (Å²) in [5.41, 5.74) is 3.87. The topological polar surface area (TPSA) is 12.0 Å². The summed E-state index contributed by atoms with van der Waals surface area (Å²) in [5, 5.41) is 3.70. The van der Waals surface area contributed by atoms with Gasteiger partial charge >= 0.3 is 0 Å². The highest BCUT2D eigenvalue weighted by Gasteiger charge is 2.32. The Morgan fingerprint density at radius 3 is 2.47 bits per heavy atom. The molecule has 0 saturated heterocycles. The third-order valence-electron chi connectivity index (χ3n) is 3.73. The van der Waals surface area contributed by atoms with Gasteiger partial charge in [-0.2, -0.15) is 0 Å². The molecule has 1 atom stereocenters. The van der Waals surface area contributed by atoms with Gasteiger partial charge in [-0.3, -0.25) is 0 Å². The van der Waals surface area contributed by atoms with Crippen LogP contribution in [0.5, 0.6) is 0 Å². The fourth-order valence-corrected chi connectivity index (χ4v) is 2.72. The van der Waals surface area contributed by atoms with Gasteiger partial charge in [0.2, 0.25) is 0 Å². The average molecular weight is 316 g/mol. The van der Waals surface area contributed by atoms with E-state index in [-0.39, 0.29) is 0 Å². The first-order valence-electron chi connectivity index (χ1n) is 6.81. The molecule has 1 unspecified atom stereocenters. The Balaban J connectivity index is 1.84. The van der Waals surface area contributed by atoms with Crippen molar-refractivity contribution in [1.82, 2.24) is 0 Å². The van der Waals surface area contributed by atoms with Crippen LogP contribution in [-0.2, 0) is 0 Å². The lowest BCUT2D eigenvalue weighted by molar-refractivity contribution is 0.679. The molecule has 2 aromatic rings. The molecule has 3 rings (SSSR count). The van der Waals surface area contributed by atoms with Crippen molar-refractivity contribution in [3.8, 4) is 0 Å². The largest absolute Gasteiger partial charge is 0.378 e. The van der Waals surface area contributed by atoms with E-state index >= 15 is 0 Å². The van der Waals surface area contributed by atoms with Gasteiger partial charge in [-0.15, -0.1) is 0 Å². The zero-order chi connectivity index (χ0) is 13.2. The van der Waals surface area contributed by atoms with Crippen molar-refractivity contribution in [2.24, 2.45) is 5.92 Å². The van der Waals surface area contributed by atoms with Crippen LogP contribution in [0.2, 0.25) is 0 Å². The molecule has 1 saturated carbocycles. The Kier molecular flexibility index (Phi) is 3.61. The molecule has 98 valence electrons. The van der Waals surface area contributed by atoms with Gasteiger partial charge in [0.1, 0.15) is 0 Å². The molecule has 0 aromatic heterocycles. The van der Waals surface area contributed by atoms with E-state index in [2.05, 4.69) is 76.7 Å². The summed E-state index contributed by atoms with van der Waals surface area (Å²) in [7, 11) is 0. The number of hydrogen-bond acceptors (Lipinski definition) is 1. The van der Waals surface area contributed by atoms with Crippen LogP contribution in [-0.4, -0.2) is 0 Å². The molecule has 0 radical (unpaired) electrons. The van der Waals surface area contributed by atoms with E-state index < -0.39 is 0 Å². The molecule has 19 heavy (non-hydrogen) atoms. The van der Waals surface area contributed by atoms with Gasteiger partial charge in [0.15, 0.2) is 0 Å². The van der Waals surface area contributed by atoms with Crippen molar-refractivity contribution >= 4 is 21.6 Å². The Labute approximate surface area is 123 Å². The van der Waals surface area contributed by atoms with Gasteiger partial charge in [0.25, 0.3) is 0 Å². The summed E-state index contributed by atoms with van der Waals surface area (Å²) in [6, 6.07) is 17.7. The maximum absolute atomic E-state index is 3.70. The molecule has 1 N–H and O–H groups in total. The molecule has 1 fully saturated rings. The molecule has 1 aliphatic carbocycles. The minimum absolute atomic E-state index is 0.446. The predicted octanol–water partition coefficient (Wildman–Crippen LogP) is 5.32. The van der Waals surface area contributed by atoms with Gasteiger partial charge in [-0.25, -0.2) is 0 Å². The maximum Gasteiger partial charge on any atom is 0.0542 e. The summed E-state index contributed by atoms with van der Waals surface area (Å²) in [5.74, 6) is 0.784. The lowest BCUT2D eigenvalue weighted by atomic mass is 10.0. The lowest BCUT2D eigenvalue weighted by Crippen LogP contribution is -2.12. The zero-order valence-electron chi connectivity index (χ0n) is 11.1. The number of benzene rings is 2. The summed E-state index contributed by atoms with van der Waals surface area (Å²) in [6.45, 7) is 2.13. The van der Waals surface area contributed by atoms with Gasteiger partial charge in [0.05, 0.1) is 6.04 Å². The molecule has 2 aromatic carbocycles. The lowest BCUT2D eigenvalue weighted by Gasteiger charge is -2.20. The second kappa shape index (κ2) is 5.38. The number of halogens is 1. The van der Waals surface area contributed by atoms with Crippen LogP contribution in [0, 0.1) is 12.8 Å². The molecular formula is C17H18BrN. The summed E-state index contributed by atoms with van der Waals surface area (Å²) >= 11 is 3.55. The zero-order valence-corrected chi connectivity index (χ0v) is 12.7. The molecule has 1 nitrogen and oxygen atoms in total. The Morgan fingerprint density at radius 1 is 1.11 bits per heavy atom. The normalized spacial score (nSPS) is 16.1. The van der Waals surface area contributed by atoms with E-state index in [0.717, 1.165) is 5.92 Å². The Bertz CT molecular complexity index is 561. The van der Waals surface area contributed by atoms with Gasteiger partial charge in [0, 0.05) is 10.2 Å². The van der Waals surface area contributed by atoms with E-state index in [0.29, 0.717) is 6.04 Å². The first-order valence-corrected chi connectivity index (χ1v) is 7.61. The highest BCUT2D eigenvalue weighted by molar-refractivity contribution is 9.10. The van der Waals surface area contributed by atoms with Gasteiger partial charge < -0.3 is 5.32 Å². The van der Waals surface area contributed by atoms with Crippen LogP contribution in [0.3, 0.4) is 0 Å². The molecular weight excluding hydrogens is 298 g/mol. The van der Waals surface area contributed by atoms with E-state index in [1.807, 2.05) is 0 Å². The summed E-state index contributed by atoms with van der Waals surface area (Å²) in [4.78, 5) is 0. The standard InChI is InChI=1S/C17H18BrN/c1-12-11-15(9-10-16(12)18)19-17(14-7-8-14)13-5-3-2-4-6-13/h2-6,9-11,14,17,19H,7-8H2,1H3. The molecule has 0 heterocycles. The monoisotopic (exact) mass is 315 g/mol. The minimum Gasteiger partial charge on any atom is -0.378 e. The first kappa shape index (κ1) is 12.7. The SMILES string of the molecule is Cc1cc(NC(c2ccccc2)C2CC2)ccc1Br. The van der Waals surface area contributed by atoms with Crippen molar-refractivity contribution in [2.75, 3.05) is 5.32 Å². The van der Waals surface area contributed by atoms with Crippen LogP contribution in [0.15, 0.2) is 53.0 Å². The third kappa shape index (κ3) is 3.01. The summed E-state index contributed by atoms with van der Waals surface area (Å²) in [6.07, 6.45) is 2.67. The molecule has 1 aliphatic rings. The second-order valence-electron chi connectivity index (χ2n) is 5.33. The average Bonchev–Trinajstić information content (AvgIpc) is 3.25. The smallest absolute Gasteiger partial charge is 0.0542 e. The fourth-order valence-electron chi connectivity index (χ4n) is 2.48. The molecule has 0 spiro atoms. The van der Waals surface area contributed by atoms with Crippen LogP contribution >= 0.6 is 15.9 Å². The Morgan fingerprint density at radius 2 is 1.84 bits per heavy atom.